The molecule has 0 radical (unpaired) electrons. The van der Waals surface area contributed by atoms with Crippen LogP contribution in [0.3, 0.4) is 0 Å². The number of aryl methyl sites for hydroxylation is 1. The molecule has 0 saturated carbocycles. The molecule has 2 nitrogen and oxygen atoms in total. The van der Waals surface area contributed by atoms with Gasteiger partial charge in [0.1, 0.15) is 0 Å². The summed E-state index contributed by atoms with van der Waals surface area (Å²) in [6.07, 6.45) is 0. The fourth-order valence-corrected chi connectivity index (χ4v) is 2.22. The molecule has 0 aliphatic heterocycles. The molecule has 1 rings (SSSR count). The summed E-state index contributed by atoms with van der Waals surface area (Å²) in [4.78, 5) is 10.4. The monoisotopic (exact) mass is 270 g/mol. The molecule has 1 heterocycles. The van der Waals surface area contributed by atoms with E-state index in [0.717, 1.165) is 17.4 Å². The van der Waals surface area contributed by atoms with Gasteiger partial charge in [0, 0.05) is 9.35 Å². The van der Waals surface area contributed by atoms with Crippen molar-refractivity contribution in [3.63, 3.8) is 0 Å². The summed E-state index contributed by atoms with van der Waals surface area (Å²) < 4.78 is 26.2. The van der Waals surface area contributed by atoms with E-state index < -0.39 is 16.8 Å². The lowest BCUT2D eigenvalue weighted by atomic mass is 10.3. The molecule has 0 amide bonds. The van der Waals surface area contributed by atoms with Crippen molar-refractivity contribution in [2.45, 2.75) is 12.8 Å². The van der Waals surface area contributed by atoms with Crippen molar-refractivity contribution < 1.29 is 18.7 Å². The molecule has 1 aromatic rings. The molecule has 0 saturated heterocycles. The quantitative estimate of drug-likeness (QED) is 0.897. The lowest BCUT2D eigenvalue weighted by molar-refractivity contribution is -0.165. The molecule has 0 bridgehead atoms. The number of carboxylic acids is 1. The van der Waals surface area contributed by atoms with Crippen LogP contribution in [0.5, 0.6) is 0 Å². The zero-order chi connectivity index (χ0) is 10.2. The number of alkyl halides is 2. The maximum Gasteiger partial charge on any atom is 0.380 e. The number of halogens is 3. The molecule has 0 unspecified atom stereocenters. The predicted molar refractivity (Wildman–Crippen MR) is 48.3 cm³/mol. The Kier molecular flexibility index (Phi) is 2.72. The van der Waals surface area contributed by atoms with Crippen molar-refractivity contribution in [2.75, 3.05) is 0 Å². The summed E-state index contributed by atoms with van der Waals surface area (Å²) in [6, 6.07) is 1.13. The Balaban J connectivity index is 3.15. The average Bonchev–Trinajstić information content (AvgIpc) is 2.32. The van der Waals surface area contributed by atoms with E-state index in [1.807, 2.05) is 0 Å². The van der Waals surface area contributed by atoms with Crippen LogP contribution < -0.4 is 0 Å². The summed E-state index contributed by atoms with van der Waals surface area (Å²) in [7, 11) is 0. The number of carbonyl (C=O) groups is 1. The van der Waals surface area contributed by atoms with E-state index in [1.54, 1.807) is 6.92 Å². The molecule has 6 heteroatoms. The van der Waals surface area contributed by atoms with Gasteiger partial charge >= 0.3 is 11.9 Å². The van der Waals surface area contributed by atoms with E-state index >= 15 is 0 Å². The van der Waals surface area contributed by atoms with E-state index in [4.69, 9.17) is 5.11 Å². The number of aliphatic carboxylic acids is 1. The summed E-state index contributed by atoms with van der Waals surface area (Å²) in [5, 5.41) is 8.24. The second-order valence-electron chi connectivity index (χ2n) is 2.39. The standard InChI is InChI=1S/C7H5BrF2O2S/c1-3-4(8)2-5(13-3)7(9,10)6(11)12/h2H,1H3,(H,11,12). The first-order chi connectivity index (χ1) is 5.85. The van der Waals surface area contributed by atoms with Crippen LogP contribution in [0.2, 0.25) is 0 Å². The molecule has 0 aromatic carbocycles. The zero-order valence-electron chi connectivity index (χ0n) is 6.47. The first-order valence-electron chi connectivity index (χ1n) is 3.23. The van der Waals surface area contributed by atoms with Crippen LogP contribution in [0, 0.1) is 6.92 Å². The van der Waals surface area contributed by atoms with E-state index in [9.17, 15) is 13.6 Å². The third-order valence-corrected chi connectivity index (χ3v) is 3.64. The first-order valence-corrected chi connectivity index (χ1v) is 4.84. The topological polar surface area (TPSA) is 37.3 Å². The van der Waals surface area contributed by atoms with Gasteiger partial charge in [-0.2, -0.15) is 8.78 Å². The van der Waals surface area contributed by atoms with Crippen LogP contribution in [0.25, 0.3) is 0 Å². The number of hydrogen-bond acceptors (Lipinski definition) is 2. The van der Waals surface area contributed by atoms with Crippen molar-refractivity contribution in [1.29, 1.82) is 0 Å². The van der Waals surface area contributed by atoms with Crippen molar-refractivity contribution in [3.8, 4) is 0 Å². The van der Waals surface area contributed by atoms with Crippen LogP contribution >= 0.6 is 27.3 Å². The number of rotatable bonds is 2. The Morgan fingerprint density at radius 1 is 1.69 bits per heavy atom. The van der Waals surface area contributed by atoms with Gasteiger partial charge < -0.3 is 5.11 Å². The van der Waals surface area contributed by atoms with Crippen molar-refractivity contribution in [2.24, 2.45) is 0 Å². The van der Waals surface area contributed by atoms with Crippen LogP contribution in [-0.4, -0.2) is 11.1 Å². The minimum absolute atomic E-state index is 0.454. The smallest absolute Gasteiger partial charge is 0.380 e. The maximum atomic E-state index is 12.9. The van der Waals surface area contributed by atoms with E-state index in [0.29, 0.717) is 9.35 Å². The molecule has 0 aliphatic carbocycles. The number of hydrogen-bond donors (Lipinski definition) is 1. The van der Waals surface area contributed by atoms with Crippen molar-refractivity contribution in [3.05, 3.63) is 20.3 Å². The highest BCUT2D eigenvalue weighted by atomic mass is 79.9. The molecule has 1 N–H and O–H groups in total. The molecule has 0 aliphatic rings. The lowest BCUT2D eigenvalue weighted by Crippen LogP contribution is -2.23. The van der Waals surface area contributed by atoms with Crippen LogP contribution in [0.15, 0.2) is 10.5 Å². The third kappa shape index (κ3) is 1.88. The molecule has 0 atom stereocenters. The Bertz CT molecular complexity index is 329. The second-order valence-corrected chi connectivity index (χ2v) is 4.50. The lowest BCUT2D eigenvalue weighted by Gasteiger charge is -2.06. The van der Waals surface area contributed by atoms with E-state index in [-0.39, 0.29) is 0 Å². The van der Waals surface area contributed by atoms with Gasteiger partial charge in [0.15, 0.2) is 0 Å². The van der Waals surface area contributed by atoms with Gasteiger partial charge in [0.05, 0.1) is 4.88 Å². The molecule has 13 heavy (non-hydrogen) atoms. The predicted octanol–water partition coefficient (Wildman–Crippen LogP) is 3.00. The number of carboxylic acid groups (broad SMARTS) is 1. The van der Waals surface area contributed by atoms with Gasteiger partial charge in [0.25, 0.3) is 0 Å². The summed E-state index contributed by atoms with van der Waals surface area (Å²) in [5.74, 6) is -5.91. The van der Waals surface area contributed by atoms with E-state index in [1.165, 1.54) is 0 Å². The van der Waals surface area contributed by atoms with Gasteiger partial charge in [-0.25, -0.2) is 4.79 Å². The van der Waals surface area contributed by atoms with Gasteiger partial charge in [-0.15, -0.1) is 11.3 Å². The summed E-state index contributed by atoms with van der Waals surface area (Å²) in [6.45, 7) is 1.64. The number of thiophene rings is 1. The zero-order valence-corrected chi connectivity index (χ0v) is 8.88. The molecular formula is C7H5BrF2O2S. The van der Waals surface area contributed by atoms with E-state index in [2.05, 4.69) is 15.9 Å². The average molecular weight is 271 g/mol. The van der Waals surface area contributed by atoms with Crippen LogP contribution in [0.4, 0.5) is 8.78 Å². The molecule has 72 valence electrons. The SMILES string of the molecule is Cc1sc(C(F)(F)C(=O)O)cc1Br. The largest absolute Gasteiger partial charge is 0.477 e. The fraction of sp³-hybridized carbons (Fsp3) is 0.286. The van der Waals surface area contributed by atoms with Gasteiger partial charge in [-0.05, 0) is 28.9 Å². The Morgan fingerprint density at radius 2 is 2.23 bits per heavy atom. The Hall–Kier alpha value is -0.490. The Morgan fingerprint density at radius 3 is 2.54 bits per heavy atom. The minimum atomic E-state index is -3.79. The summed E-state index contributed by atoms with van der Waals surface area (Å²) >= 11 is 3.81. The normalized spacial score (nSPS) is 11.7. The fourth-order valence-electron chi connectivity index (χ4n) is 0.720. The molecular weight excluding hydrogens is 266 g/mol. The summed E-state index contributed by atoms with van der Waals surface area (Å²) in [5.41, 5.74) is 0. The van der Waals surface area contributed by atoms with Crippen molar-refractivity contribution >= 4 is 33.2 Å². The highest BCUT2D eigenvalue weighted by Crippen LogP contribution is 2.37. The second kappa shape index (κ2) is 3.34. The highest BCUT2D eigenvalue weighted by molar-refractivity contribution is 9.10. The van der Waals surface area contributed by atoms with Gasteiger partial charge in [0.2, 0.25) is 0 Å². The Labute approximate surface area is 85.3 Å². The minimum Gasteiger partial charge on any atom is -0.477 e. The van der Waals surface area contributed by atoms with Gasteiger partial charge in [-0.1, -0.05) is 0 Å². The molecule has 0 fully saturated rings. The highest BCUT2D eigenvalue weighted by Gasteiger charge is 2.42. The molecule has 0 spiro atoms. The van der Waals surface area contributed by atoms with Crippen molar-refractivity contribution in [1.82, 2.24) is 0 Å². The third-order valence-electron chi connectivity index (χ3n) is 1.44. The van der Waals surface area contributed by atoms with Crippen LogP contribution in [-0.2, 0) is 10.7 Å². The molecule has 1 aromatic heterocycles. The van der Waals surface area contributed by atoms with Crippen LogP contribution in [0.1, 0.15) is 9.75 Å². The maximum absolute atomic E-state index is 12.9. The first kappa shape index (κ1) is 10.6. The van der Waals surface area contributed by atoms with Gasteiger partial charge in [-0.3, -0.25) is 0 Å².